The molecule has 2 rings (SSSR count). The van der Waals surface area contributed by atoms with Crippen LogP contribution < -0.4 is 0 Å². The molecule has 1 atom stereocenters. The zero-order chi connectivity index (χ0) is 14.0. The number of nitrogens with zero attached hydrogens (tertiary/aromatic N) is 1. The van der Waals surface area contributed by atoms with Crippen LogP contribution in [0.15, 0.2) is 17.5 Å². The first-order chi connectivity index (χ1) is 8.87. The molecule has 0 bridgehead atoms. The molecule has 3 nitrogen and oxygen atoms in total. The topological polar surface area (TPSA) is 29.5 Å². The van der Waals surface area contributed by atoms with Crippen LogP contribution in [-0.2, 0) is 16.1 Å². The van der Waals surface area contributed by atoms with Gasteiger partial charge >= 0.3 is 5.97 Å². The van der Waals surface area contributed by atoms with Gasteiger partial charge in [0.05, 0.1) is 0 Å². The van der Waals surface area contributed by atoms with Crippen molar-refractivity contribution in [2.75, 3.05) is 0 Å². The summed E-state index contributed by atoms with van der Waals surface area (Å²) in [6, 6.07) is 4.56. The minimum atomic E-state index is -0.413. The van der Waals surface area contributed by atoms with Gasteiger partial charge in [0, 0.05) is 17.5 Å². The Bertz CT molecular complexity index is 418. The first kappa shape index (κ1) is 14.5. The summed E-state index contributed by atoms with van der Waals surface area (Å²) in [4.78, 5) is 15.8. The van der Waals surface area contributed by atoms with E-state index < -0.39 is 5.60 Å². The van der Waals surface area contributed by atoms with Gasteiger partial charge in [-0.15, -0.1) is 11.3 Å². The van der Waals surface area contributed by atoms with Crippen LogP contribution in [0.5, 0.6) is 0 Å². The van der Waals surface area contributed by atoms with E-state index in [-0.39, 0.29) is 12.0 Å². The lowest BCUT2D eigenvalue weighted by Crippen LogP contribution is -2.43. The SMILES string of the molecule is CC(C(=O)OC(C)(C)C)N(Cc1cccs1)C1CC1. The number of carbonyl (C=O) groups is 1. The summed E-state index contributed by atoms with van der Waals surface area (Å²) in [5.74, 6) is -0.115. The van der Waals surface area contributed by atoms with Gasteiger partial charge in [0.1, 0.15) is 11.6 Å². The van der Waals surface area contributed by atoms with Crippen LogP contribution in [0.4, 0.5) is 0 Å². The normalized spacial score (nSPS) is 17.5. The standard InChI is InChI=1S/C15H23NO2S/c1-11(14(17)18-15(2,3)4)16(12-7-8-12)10-13-6-5-9-19-13/h5-6,9,11-12H,7-8,10H2,1-4H3. The third kappa shape index (κ3) is 4.32. The number of hydrogen-bond acceptors (Lipinski definition) is 4. The van der Waals surface area contributed by atoms with Crippen LogP contribution in [0.1, 0.15) is 45.4 Å². The van der Waals surface area contributed by atoms with Crippen molar-refractivity contribution in [3.8, 4) is 0 Å². The summed E-state index contributed by atoms with van der Waals surface area (Å²) in [6.07, 6.45) is 2.39. The number of rotatable bonds is 5. The van der Waals surface area contributed by atoms with Crippen LogP contribution >= 0.6 is 11.3 Å². The Morgan fingerprint density at radius 3 is 2.68 bits per heavy atom. The summed E-state index contributed by atoms with van der Waals surface area (Å²) in [5.41, 5.74) is -0.413. The molecule has 1 aliphatic rings. The van der Waals surface area contributed by atoms with Gasteiger partial charge in [-0.2, -0.15) is 0 Å². The van der Waals surface area contributed by atoms with Crippen LogP contribution in [0, 0.1) is 0 Å². The predicted octanol–water partition coefficient (Wildman–Crippen LogP) is 3.44. The zero-order valence-electron chi connectivity index (χ0n) is 12.2. The lowest BCUT2D eigenvalue weighted by molar-refractivity contribution is -0.161. The third-order valence-corrected chi connectivity index (χ3v) is 4.04. The molecule has 1 heterocycles. The lowest BCUT2D eigenvalue weighted by Gasteiger charge is -2.30. The monoisotopic (exact) mass is 281 g/mol. The first-order valence-electron chi connectivity index (χ1n) is 6.88. The minimum Gasteiger partial charge on any atom is -0.459 e. The van der Waals surface area contributed by atoms with Gasteiger partial charge in [-0.05, 0) is 52.0 Å². The fourth-order valence-electron chi connectivity index (χ4n) is 2.09. The van der Waals surface area contributed by atoms with E-state index >= 15 is 0 Å². The molecule has 0 N–H and O–H groups in total. The molecule has 0 spiro atoms. The maximum absolute atomic E-state index is 12.2. The lowest BCUT2D eigenvalue weighted by atomic mass is 10.2. The summed E-state index contributed by atoms with van der Waals surface area (Å²) in [7, 11) is 0. The fraction of sp³-hybridized carbons (Fsp3) is 0.667. The van der Waals surface area contributed by atoms with Gasteiger partial charge in [0.2, 0.25) is 0 Å². The van der Waals surface area contributed by atoms with Crippen LogP contribution in [-0.4, -0.2) is 28.6 Å². The predicted molar refractivity (Wildman–Crippen MR) is 78.2 cm³/mol. The van der Waals surface area contributed by atoms with Gasteiger partial charge in [0.25, 0.3) is 0 Å². The molecule has 1 aliphatic carbocycles. The van der Waals surface area contributed by atoms with E-state index in [1.165, 1.54) is 17.7 Å². The zero-order valence-corrected chi connectivity index (χ0v) is 13.0. The van der Waals surface area contributed by atoms with Gasteiger partial charge in [0.15, 0.2) is 0 Å². The fourth-order valence-corrected chi connectivity index (χ4v) is 2.81. The van der Waals surface area contributed by atoms with E-state index in [2.05, 4.69) is 22.4 Å². The molecule has 4 heteroatoms. The molecular weight excluding hydrogens is 258 g/mol. The Morgan fingerprint density at radius 1 is 1.53 bits per heavy atom. The summed E-state index contributed by atoms with van der Waals surface area (Å²) in [5, 5.41) is 2.08. The Balaban J connectivity index is 2.00. The second-order valence-electron chi connectivity index (χ2n) is 6.19. The van der Waals surface area contributed by atoms with Crippen molar-refractivity contribution in [3.05, 3.63) is 22.4 Å². The molecule has 1 fully saturated rings. The average molecular weight is 281 g/mol. The molecule has 106 valence electrons. The van der Waals surface area contributed by atoms with E-state index in [1.807, 2.05) is 27.7 Å². The van der Waals surface area contributed by atoms with Crippen LogP contribution in [0.3, 0.4) is 0 Å². The Morgan fingerprint density at radius 2 is 2.21 bits per heavy atom. The Labute approximate surface area is 119 Å². The number of esters is 1. The van der Waals surface area contributed by atoms with Crippen molar-refractivity contribution in [2.24, 2.45) is 0 Å². The van der Waals surface area contributed by atoms with E-state index in [1.54, 1.807) is 11.3 Å². The molecule has 0 aromatic carbocycles. The van der Waals surface area contributed by atoms with E-state index in [9.17, 15) is 4.79 Å². The highest BCUT2D eigenvalue weighted by Gasteiger charge is 2.36. The largest absolute Gasteiger partial charge is 0.459 e. The van der Waals surface area contributed by atoms with Crippen molar-refractivity contribution >= 4 is 17.3 Å². The number of carbonyl (C=O) groups excluding carboxylic acids is 1. The summed E-state index contributed by atoms with van der Waals surface area (Å²) in [6.45, 7) is 8.55. The molecule has 0 saturated heterocycles. The minimum absolute atomic E-state index is 0.115. The molecule has 1 aromatic heterocycles. The van der Waals surface area contributed by atoms with E-state index in [0.717, 1.165) is 6.54 Å². The Kier molecular flexibility index (Phi) is 4.31. The van der Waals surface area contributed by atoms with Gasteiger partial charge in [-0.25, -0.2) is 0 Å². The smallest absolute Gasteiger partial charge is 0.323 e. The van der Waals surface area contributed by atoms with Crippen molar-refractivity contribution in [1.82, 2.24) is 4.90 Å². The van der Waals surface area contributed by atoms with Crippen molar-refractivity contribution in [1.29, 1.82) is 0 Å². The quantitative estimate of drug-likeness (QED) is 0.774. The molecule has 0 amide bonds. The molecule has 1 aromatic rings. The molecule has 0 aliphatic heterocycles. The van der Waals surface area contributed by atoms with Gasteiger partial charge in [-0.3, -0.25) is 9.69 Å². The van der Waals surface area contributed by atoms with Crippen LogP contribution in [0.25, 0.3) is 0 Å². The number of ether oxygens (including phenoxy) is 1. The number of thiophene rings is 1. The Hall–Kier alpha value is -0.870. The second-order valence-corrected chi connectivity index (χ2v) is 7.22. The molecular formula is C15H23NO2S. The van der Waals surface area contributed by atoms with E-state index in [0.29, 0.717) is 6.04 Å². The highest BCUT2D eigenvalue weighted by molar-refractivity contribution is 7.09. The molecule has 19 heavy (non-hydrogen) atoms. The summed E-state index contributed by atoms with van der Waals surface area (Å²) < 4.78 is 5.50. The number of hydrogen-bond donors (Lipinski definition) is 0. The van der Waals surface area contributed by atoms with Crippen molar-refractivity contribution in [3.63, 3.8) is 0 Å². The van der Waals surface area contributed by atoms with Crippen molar-refractivity contribution < 1.29 is 9.53 Å². The molecule has 1 saturated carbocycles. The van der Waals surface area contributed by atoms with Crippen LogP contribution in [0.2, 0.25) is 0 Å². The average Bonchev–Trinajstić information content (AvgIpc) is 3.00. The highest BCUT2D eigenvalue weighted by atomic mass is 32.1. The first-order valence-corrected chi connectivity index (χ1v) is 7.76. The maximum atomic E-state index is 12.2. The third-order valence-electron chi connectivity index (χ3n) is 3.18. The highest BCUT2D eigenvalue weighted by Crippen LogP contribution is 2.31. The molecule has 1 unspecified atom stereocenters. The maximum Gasteiger partial charge on any atom is 0.323 e. The van der Waals surface area contributed by atoms with Crippen molar-refractivity contribution in [2.45, 2.75) is 64.8 Å². The van der Waals surface area contributed by atoms with E-state index in [4.69, 9.17) is 4.74 Å². The second kappa shape index (κ2) is 5.63. The molecule has 0 radical (unpaired) electrons. The van der Waals surface area contributed by atoms with Gasteiger partial charge in [-0.1, -0.05) is 6.07 Å². The van der Waals surface area contributed by atoms with Gasteiger partial charge < -0.3 is 4.74 Å². The summed E-state index contributed by atoms with van der Waals surface area (Å²) >= 11 is 1.74.